The number of methoxy groups -OCH3 is 2. The summed E-state index contributed by atoms with van der Waals surface area (Å²) < 4.78 is 20.1. The average Bonchev–Trinajstić information content (AvgIpc) is 3.24. The van der Waals surface area contributed by atoms with E-state index in [0.717, 1.165) is 16.9 Å². The first kappa shape index (κ1) is 19.6. The van der Waals surface area contributed by atoms with Gasteiger partial charge in [0, 0.05) is 18.3 Å². The Hall–Kier alpha value is -3.74. The number of ether oxygens (including phenoxy) is 2. The Balaban J connectivity index is 1.85. The summed E-state index contributed by atoms with van der Waals surface area (Å²) in [6.07, 6.45) is 0. The Labute approximate surface area is 174 Å². The van der Waals surface area contributed by atoms with Gasteiger partial charge in [0.25, 0.3) is 5.56 Å². The third-order valence-corrected chi connectivity index (χ3v) is 5.22. The molecule has 0 atom stereocenters. The van der Waals surface area contributed by atoms with Crippen LogP contribution in [0.3, 0.4) is 0 Å². The average molecular weight is 405 g/mol. The minimum absolute atomic E-state index is 0.142. The summed E-state index contributed by atoms with van der Waals surface area (Å²) in [6, 6.07) is 15.0. The Kier molecular flexibility index (Phi) is 4.95. The van der Waals surface area contributed by atoms with Gasteiger partial charge in [-0.15, -0.1) is 0 Å². The van der Waals surface area contributed by atoms with Gasteiger partial charge in [-0.05, 0) is 44.2 Å². The molecule has 154 valence electrons. The van der Waals surface area contributed by atoms with Crippen LogP contribution in [-0.2, 0) is 7.05 Å². The Morgan fingerprint density at radius 3 is 2.33 bits per heavy atom. The molecule has 7 nitrogen and oxygen atoms in total. The topological polar surface area (TPSA) is 71.4 Å². The van der Waals surface area contributed by atoms with Gasteiger partial charge in [0.2, 0.25) is 5.89 Å². The van der Waals surface area contributed by atoms with Gasteiger partial charge >= 0.3 is 0 Å². The second kappa shape index (κ2) is 7.59. The van der Waals surface area contributed by atoms with Crippen LogP contribution >= 0.6 is 0 Å². The van der Waals surface area contributed by atoms with Crippen molar-refractivity contribution < 1.29 is 13.9 Å². The van der Waals surface area contributed by atoms with Crippen LogP contribution in [0.5, 0.6) is 11.5 Å². The molecule has 0 fully saturated rings. The number of aromatic nitrogens is 3. The molecule has 0 saturated carbocycles. The highest BCUT2D eigenvalue weighted by Crippen LogP contribution is 2.34. The lowest BCUT2D eigenvalue weighted by molar-refractivity contribution is 0.355. The van der Waals surface area contributed by atoms with Crippen LogP contribution in [0.4, 0.5) is 0 Å². The first-order chi connectivity index (χ1) is 14.5. The molecule has 0 radical (unpaired) electrons. The van der Waals surface area contributed by atoms with E-state index in [1.54, 1.807) is 31.0 Å². The molecule has 30 heavy (non-hydrogen) atoms. The predicted molar refractivity (Wildman–Crippen MR) is 115 cm³/mol. The maximum atomic E-state index is 13.3. The summed E-state index contributed by atoms with van der Waals surface area (Å²) in [5.41, 5.74) is 3.25. The van der Waals surface area contributed by atoms with Crippen LogP contribution in [0.2, 0.25) is 0 Å². The summed E-state index contributed by atoms with van der Waals surface area (Å²) in [5, 5.41) is 0. The third kappa shape index (κ3) is 3.08. The molecule has 4 aromatic rings. The molecule has 2 aromatic carbocycles. The van der Waals surface area contributed by atoms with E-state index in [2.05, 4.69) is 4.98 Å². The van der Waals surface area contributed by atoms with Crippen molar-refractivity contribution in [2.75, 3.05) is 14.2 Å². The van der Waals surface area contributed by atoms with Crippen molar-refractivity contribution in [1.82, 2.24) is 14.3 Å². The van der Waals surface area contributed by atoms with E-state index in [1.165, 1.54) is 0 Å². The van der Waals surface area contributed by atoms with Gasteiger partial charge in [-0.1, -0.05) is 18.2 Å². The van der Waals surface area contributed by atoms with Crippen molar-refractivity contribution in [3.63, 3.8) is 0 Å². The number of rotatable bonds is 5. The molecule has 0 aliphatic rings. The van der Waals surface area contributed by atoms with Crippen LogP contribution < -0.4 is 15.0 Å². The minimum atomic E-state index is -0.142. The van der Waals surface area contributed by atoms with Gasteiger partial charge in [0.1, 0.15) is 11.5 Å². The number of hydrogen-bond donors (Lipinski definition) is 0. The lowest BCUT2D eigenvalue weighted by Gasteiger charge is -2.07. The van der Waals surface area contributed by atoms with Gasteiger partial charge in [-0.3, -0.25) is 9.48 Å². The SMILES string of the molecule is COc1ccc(-c2nc(-c3c(C)n(C)n(-c4ccccc4)c3=O)c(C)o2)cc1OC. The molecule has 0 unspecified atom stereocenters. The molecule has 0 aliphatic heterocycles. The zero-order valence-corrected chi connectivity index (χ0v) is 17.6. The van der Waals surface area contributed by atoms with Gasteiger partial charge in [0.05, 0.1) is 25.5 Å². The maximum absolute atomic E-state index is 13.3. The van der Waals surface area contributed by atoms with E-state index < -0.39 is 0 Å². The Morgan fingerprint density at radius 2 is 1.67 bits per heavy atom. The molecule has 0 spiro atoms. The normalized spacial score (nSPS) is 11.0. The van der Waals surface area contributed by atoms with Crippen LogP contribution in [0.15, 0.2) is 57.7 Å². The van der Waals surface area contributed by atoms with E-state index in [9.17, 15) is 4.79 Å². The van der Waals surface area contributed by atoms with E-state index in [0.29, 0.717) is 34.4 Å². The minimum Gasteiger partial charge on any atom is -0.493 e. The monoisotopic (exact) mass is 405 g/mol. The number of nitrogens with zero attached hydrogens (tertiary/aromatic N) is 3. The fourth-order valence-corrected chi connectivity index (χ4v) is 3.56. The number of oxazole rings is 1. The lowest BCUT2D eigenvalue weighted by atomic mass is 10.1. The molecular weight excluding hydrogens is 382 g/mol. The lowest BCUT2D eigenvalue weighted by Crippen LogP contribution is -2.20. The molecule has 0 saturated heterocycles. The van der Waals surface area contributed by atoms with E-state index >= 15 is 0 Å². The maximum Gasteiger partial charge on any atom is 0.281 e. The van der Waals surface area contributed by atoms with Crippen molar-refractivity contribution in [3.05, 3.63) is 70.3 Å². The second-order valence-electron chi connectivity index (χ2n) is 6.93. The van der Waals surface area contributed by atoms with Gasteiger partial charge < -0.3 is 13.9 Å². The number of hydrogen-bond acceptors (Lipinski definition) is 5. The molecule has 7 heteroatoms. The van der Waals surface area contributed by atoms with E-state index in [1.807, 2.05) is 62.0 Å². The number of benzene rings is 2. The third-order valence-electron chi connectivity index (χ3n) is 5.22. The Morgan fingerprint density at radius 1 is 0.967 bits per heavy atom. The Bertz CT molecular complexity index is 1270. The van der Waals surface area contributed by atoms with Gasteiger partial charge in [-0.2, -0.15) is 0 Å². The van der Waals surface area contributed by atoms with Crippen LogP contribution in [-0.4, -0.2) is 28.6 Å². The standard InChI is InChI=1S/C23H23N3O4/c1-14-20(23(27)26(25(14)3)17-9-7-6-8-10-17)21-15(2)30-22(24-21)16-11-12-18(28-4)19(13-16)29-5/h6-13H,1-5H3. The predicted octanol–water partition coefficient (Wildman–Crippen LogP) is 4.13. The molecule has 2 aromatic heterocycles. The molecule has 2 heterocycles. The number of aryl methyl sites for hydroxylation is 1. The van der Waals surface area contributed by atoms with E-state index in [-0.39, 0.29) is 5.56 Å². The van der Waals surface area contributed by atoms with Crippen molar-refractivity contribution in [2.24, 2.45) is 7.05 Å². The quantitative estimate of drug-likeness (QED) is 0.499. The second-order valence-corrected chi connectivity index (χ2v) is 6.93. The fraction of sp³-hybridized carbons (Fsp3) is 0.217. The van der Waals surface area contributed by atoms with Crippen LogP contribution in [0.1, 0.15) is 11.5 Å². The van der Waals surface area contributed by atoms with Crippen LogP contribution in [0, 0.1) is 13.8 Å². The first-order valence-corrected chi connectivity index (χ1v) is 9.50. The zero-order valence-electron chi connectivity index (χ0n) is 17.6. The smallest absolute Gasteiger partial charge is 0.281 e. The van der Waals surface area contributed by atoms with E-state index in [4.69, 9.17) is 13.9 Å². The summed E-state index contributed by atoms with van der Waals surface area (Å²) in [5.74, 6) is 2.19. The highest BCUT2D eigenvalue weighted by molar-refractivity contribution is 5.68. The highest BCUT2D eigenvalue weighted by atomic mass is 16.5. The molecule has 0 N–H and O–H groups in total. The van der Waals surface area contributed by atoms with Crippen molar-refractivity contribution in [3.8, 4) is 39.9 Å². The summed E-state index contributed by atoms with van der Waals surface area (Å²) in [6.45, 7) is 3.71. The molecule has 0 amide bonds. The first-order valence-electron chi connectivity index (χ1n) is 9.50. The van der Waals surface area contributed by atoms with Crippen molar-refractivity contribution >= 4 is 0 Å². The highest BCUT2D eigenvalue weighted by Gasteiger charge is 2.24. The molecule has 4 rings (SSSR count). The summed E-state index contributed by atoms with van der Waals surface area (Å²) in [4.78, 5) is 18.0. The molecule has 0 aliphatic carbocycles. The van der Waals surface area contributed by atoms with Crippen LogP contribution in [0.25, 0.3) is 28.4 Å². The van der Waals surface area contributed by atoms with Crippen molar-refractivity contribution in [2.45, 2.75) is 13.8 Å². The molecular formula is C23H23N3O4. The fourth-order valence-electron chi connectivity index (χ4n) is 3.56. The van der Waals surface area contributed by atoms with Gasteiger partial charge in [0.15, 0.2) is 11.5 Å². The van der Waals surface area contributed by atoms with Gasteiger partial charge in [-0.25, -0.2) is 9.67 Å². The summed E-state index contributed by atoms with van der Waals surface area (Å²) in [7, 11) is 5.02. The largest absolute Gasteiger partial charge is 0.493 e. The zero-order chi connectivity index (χ0) is 21.4. The molecule has 0 bridgehead atoms. The van der Waals surface area contributed by atoms with Crippen molar-refractivity contribution in [1.29, 1.82) is 0 Å². The number of para-hydroxylation sites is 1. The summed E-state index contributed by atoms with van der Waals surface area (Å²) >= 11 is 0.